The molecule has 162 valence electrons. The highest BCUT2D eigenvalue weighted by Gasteiger charge is 2.44. The van der Waals surface area contributed by atoms with Crippen LogP contribution in [0, 0.1) is 5.92 Å². The molecule has 1 N–H and O–H groups in total. The summed E-state index contributed by atoms with van der Waals surface area (Å²) < 4.78 is 40.0. The highest BCUT2D eigenvalue weighted by molar-refractivity contribution is 7.89. The van der Waals surface area contributed by atoms with Crippen LogP contribution in [0.15, 0.2) is 35.5 Å². The third kappa shape index (κ3) is 4.21. The van der Waals surface area contributed by atoms with Crippen molar-refractivity contribution in [2.24, 2.45) is 13.0 Å². The zero-order chi connectivity index (χ0) is 21.3. The van der Waals surface area contributed by atoms with Crippen molar-refractivity contribution in [1.29, 1.82) is 0 Å². The van der Waals surface area contributed by atoms with E-state index >= 15 is 0 Å². The second-order valence-corrected chi connectivity index (χ2v) is 9.43. The first-order chi connectivity index (χ1) is 14.4. The Morgan fingerprint density at radius 1 is 1.33 bits per heavy atom. The van der Waals surface area contributed by atoms with E-state index in [0.717, 1.165) is 12.0 Å². The molecule has 2 aromatic rings. The number of hydrogen-bond donors (Lipinski definition) is 1. The summed E-state index contributed by atoms with van der Waals surface area (Å²) in [6.07, 6.45) is 4.44. The van der Waals surface area contributed by atoms with Crippen molar-refractivity contribution in [3.63, 3.8) is 0 Å². The van der Waals surface area contributed by atoms with Crippen LogP contribution in [-0.2, 0) is 26.6 Å². The second-order valence-electron chi connectivity index (χ2n) is 7.49. The van der Waals surface area contributed by atoms with Gasteiger partial charge < -0.3 is 14.8 Å². The summed E-state index contributed by atoms with van der Waals surface area (Å²) in [5.41, 5.74) is 1.40. The van der Waals surface area contributed by atoms with Crippen molar-refractivity contribution in [2.45, 2.75) is 24.2 Å². The Hall–Kier alpha value is -2.43. The molecule has 1 aliphatic heterocycles. The highest BCUT2D eigenvalue weighted by atomic mass is 32.2. The molecular weight excluding hydrogens is 408 g/mol. The van der Waals surface area contributed by atoms with E-state index in [9.17, 15) is 13.2 Å². The highest BCUT2D eigenvalue weighted by Crippen LogP contribution is 2.48. The van der Waals surface area contributed by atoms with Crippen LogP contribution >= 0.6 is 0 Å². The molecule has 2 aliphatic rings. The molecule has 1 aromatic carbocycles. The SMILES string of the molecule is CCOc1ccc(S(=O)(=O)N2CCOCC2)cc1NC(=O)C1CC1c1cnn(C)c1. The van der Waals surface area contributed by atoms with E-state index in [2.05, 4.69) is 10.4 Å². The molecule has 10 heteroatoms. The van der Waals surface area contributed by atoms with Crippen molar-refractivity contribution >= 4 is 21.6 Å². The zero-order valence-electron chi connectivity index (χ0n) is 17.1. The van der Waals surface area contributed by atoms with E-state index in [-0.39, 0.29) is 22.6 Å². The van der Waals surface area contributed by atoms with Gasteiger partial charge in [0, 0.05) is 32.3 Å². The van der Waals surface area contributed by atoms with Gasteiger partial charge in [0.05, 0.1) is 36.6 Å². The maximum Gasteiger partial charge on any atom is 0.243 e. The number of benzene rings is 1. The van der Waals surface area contributed by atoms with Gasteiger partial charge in [-0.25, -0.2) is 8.42 Å². The number of nitrogens with one attached hydrogen (secondary N) is 1. The summed E-state index contributed by atoms with van der Waals surface area (Å²) in [5, 5.41) is 7.04. The second kappa shape index (κ2) is 8.37. The Morgan fingerprint density at radius 2 is 2.10 bits per heavy atom. The molecule has 0 spiro atoms. The third-order valence-electron chi connectivity index (χ3n) is 5.40. The summed E-state index contributed by atoms with van der Waals surface area (Å²) in [6.45, 7) is 3.61. The molecule has 2 heterocycles. The van der Waals surface area contributed by atoms with Crippen LogP contribution in [0.3, 0.4) is 0 Å². The number of ether oxygens (including phenoxy) is 2. The molecular formula is C20H26N4O5S. The first-order valence-electron chi connectivity index (χ1n) is 10.0. The van der Waals surface area contributed by atoms with E-state index in [0.29, 0.717) is 44.3 Å². The zero-order valence-corrected chi connectivity index (χ0v) is 17.9. The number of sulfonamides is 1. The lowest BCUT2D eigenvalue weighted by Gasteiger charge is -2.26. The fourth-order valence-corrected chi connectivity index (χ4v) is 5.13. The average molecular weight is 435 g/mol. The number of hydrogen-bond acceptors (Lipinski definition) is 6. The smallest absolute Gasteiger partial charge is 0.243 e. The van der Waals surface area contributed by atoms with Crippen molar-refractivity contribution in [3.8, 4) is 5.75 Å². The fraction of sp³-hybridized carbons (Fsp3) is 0.500. The Kier molecular flexibility index (Phi) is 5.81. The molecule has 1 saturated heterocycles. The van der Waals surface area contributed by atoms with Crippen molar-refractivity contribution in [1.82, 2.24) is 14.1 Å². The quantitative estimate of drug-likeness (QED) is 0.710. The predicted molar refractivity (Wildman–Crippen MR) is 110 cm³/mol. The maximum atomic E-state index is 13.0. The van der Waals surface area contributed by atoms with Gasteiger partial charge in [-0.1, -0.05) is 0 Å². The molecule has 1 amide bonds. The van der Waals surface area contributed by atoms with Crippen molar-refractivity contribution in [2.75, 3.05) is 38.2 Å². The lowest BCUT2D eigenvalue weighted by molar-refractivity contribution is -0.117. The molecule has 30 heavy (non-hydrogen) atoms. The van der Waals surface area contributed by atoms with Crippen LogP contribution in [-0.4, -0.2) is 61.3 Å². The Labute approximate surface area is 176 Å². The van der Waals surface area contributed by atoms with Gasteiger partial charge in [0.2, 0.25) is 15.9 Å². The summed E-state index contributed by atoms with van der Waals surface area (Å²) in [4.78, 5) is 12.9. The molecule has 1 aliphatic carbocycles. The molecule has 2 unspecified atom stereocenters. The van der Waals surface area contributed by atoms with E-state index < -0.39 is 10.0 Å². The first kappa shape index (κ1) is 20.8. The number of anilines is 1. The van der Waals surface area contributed by atoms with Gasteiger partial charge in [0.1, 0.15) is 5.75 Å². The van der Waals surface area contributed by atoms with E-state index in [4.69, 9.17) is 9.47 Å². The van der Waals surface area contributed by atoms with Gasteiger partial charge >= 0.3 is 0 Å². The van der Waals surface area contributed by atoms with Crippen LogP contribution in [0.2, 0.25) is 0 Å². The number of carbonyl (C=O) groups is 1. The molecule has 2 fully saturated rings. The van der Waals surface area contributed by atoms with Crippen LogP contribution in [0.4, 0.5) is 5.69 Å². The normalized spacial score (nSPS) is 21.9. The van der Waals surface area contributed by atoms with E-state index in [1.807, 2.05) is 20.2 Å². The van der Waals surface area contributed by atoms with Crippen LogP contribution in [0.25, 0.3) is 0 Å². The monoisotopic (exact) mass is 434 g/mol. The summed E-state index contributed by atoms with van der Waals surface area (Å²) in [6, 6.07) is 4.59. The molecule has 0 bridgehead atoms. The number of morpholine rings is 1. The van der Waals surface area contributed by atoms with Gasteiger partial charge in [-0.15, -0.1) is 0 Å². The molecule has 9 nitrogen and oxygen atoms in total. The minimum Gasteiger partial charge on any atom is -0.492 e. The molecule has 1 saturated carbocycles. The topological polar surface area (TPSA) is 103 Å². The number of aromatic nitrogens is 2. The van der Waals surface area contributed by atoms with Crippen molar-refractivity contribution in [3.05, 3.63) is 36.2 Å². The first-order valence-corrected chi connectivity index (χ1v) is 11.5. The molecule has 4 rings (SSSR count). The van der Waals surface area contributed by atoms with Gasteiger partial charge in [-0.3, -0.25) is 9.48 Å². The summed E-state index contributed by atoms with van der Waals surface area (Å²) >= 11 is 0. The Morgan fingerprint density at radius 3 is 2.77 bits per heavy atom. The molecule has 2 atom stereocenters. The predicted octanol–water partition coefficient (Wildman–Crippen LogP) is 1.58. The summed E-state index contributed by atoms with van der Waals surface area (Å²) in [7, 11) is -1.83. The Bertz CT molecular complexity index is 1030. The van der Waals surface area contributed by atoms with Gasteiger partial charge in [0.25, 0.3) is 0 Å². The lowest BCUT2D eigenvalue weighted by atomic mass is 10.2. The third-order valence-corrected chi connectivity index (χ3v) is 7.29. The summed E-state index contributed by atoms with van der Waals surface area (Å²) in [5.74, 6) is 0.272. The van der Waals surface area contributed by atoms with Crippen molar-refractivity contribution < 1.29 is 22.7 Å². The Balaban J connectivity index is 1.54. The van der Waals surface area contributed by atoms with Crippen LogP contribution in [0.1, 0.15) is 24.8 Å². The van der Waals surface area contributed by atoms with Gasteiger partial charge in [-0.05, 0) is 43.0 Å². The molecule has 0 radical (unpaired) electrons. The van der Waals surface area contributed by atoms with E-state index in [1.54, 1.807) is 16.9 Å². The molecule has 1 aromatic heterocycles. The number of carbonyl (C=O) groups excluding carboxylic acids is 1. The van der Waals surface area contributed by atoms with Crippen LogP contribution < -0.4 is 10.1 Å². The average Bonchev–Trinajstić information content (AvgIpc) is 3.43. The minimum absolute atomic E-state index is 0.128. The number of rotatable bonds is 7. The fourth-order valence-electron chi connectivity index (χ4n) is 3.69. The largest absolute Gasteiger partial charge is 0.492 e. The number of amides is 1. The van der Waals surface area contributed by atoms with Crippen LogP contribution in [0.5, 0.6) is 5.75 Å². The lowest BCUT2D eigenvalue weighted by Crippen LogP contribution is -2.40. The maximum absolute atomic E-state index is 13.0. The number of nitrogens with zero attached hydrogens (tertiary/aromatic N) is 3. The minimum atomic E-state index is -3.67. The van der Waals surface area contributed by atoms with E-state index in [1.165, 1.54) is 16.4 Å². The van der Waals surface area contributed by atoms with Gasteiger partial charge in [-0.2, -0.15) is 9.40 Å². The van der Waals surface area contributed by atoms with Gasteiger partial charge in [0.15, 0.2) is 0 Å². The standard InChI is InChI=1S/C20H26N4O5S/c1-3-29-19-5-4-15(30(26,27)24-6-8-28-9-7-24)10-18(19)22-20(25)17-11-16(17)14-12-21-23(2)13-14/h4-5,10,12-13,16-17H,3,6-9,11H2,1-2H3,(H,22,25). The number of aryl methyl sites for hydroxylation is 1.